The first kappa shape index (κ1) is 17.0. The smallest absolute Gasteiger partial charge is 0.348 e. The van der Waals surface area contributed by atoms with E-state index in [4.69, 9.17) is 9.84 Å². The number of aliphatic carboxylic acids is 1. The van der Waals surface area contributed by atoms with Crippen LogP contribution in [-0.4, -0.2) is 36.2 Å². The van der Waals surface area contributed by atoms with E-state index in [0.717, 1.165) is 16.9 Å². The molecule has 116 valence electrons. The summed E-state index contributed by atoms with van der Waals surface area (Å²) >= 11 is 1.14. The minimum atomic E-state index is -0.898. The van der Waals surface area contributed by atoms with Crippen LogP contribution in [-0.2, 0) is 9.53 Å². The number of amides is 2. The van der Waals surface area contributed by atoms with E-state index in [1.165, 1.54) is 0 Å². The number of anilines is 1. The third-order valence-electron chi connectivity index (χ3n) is 2.47. The van der Waals surface area contributed by atoms with Gasteiger partial charge in [0.1, 0.15) is 4.88 Å². The van der Waals surface area contributed by atoms with Gasteiger partial charge in [0.05, 0.1) is 11.6 Å². The number of nitrogens with one attached hydrogen (secondary N) is 2. The van der Waals surface area contributed by atoms with Crippen molar-refractivity contribution in [2.24, 2.45) is 0 Å². The number of ether oxygens (including phenoxy) is 1. The number of carbonyl (C=O) groups excluding carboxylic acids is 2. The van der Waals surface area contributed by atoms with Gasteiger partial charge in [0, 0.05) is 13.0 Å². The Kier molecular flexibility index (Phi) is 6.67. The number of rotatable bonds is 7. The van der Waals surface area contributed by atoms with Gasteiger partial charge in [-0.2, -0.15) is 0 Å². The maximum Gasteiger partial charge on any atom is 0.348 e. The lowest BCUT2D eigenvalue weighted by atomic mass is 10.3. The molecule has 0 aliphatic carbocycles. The molecule has 0 atom stereocenters. The van der Waals surface area contributed by atoms with Crippen molar-refractivity contribution in [3.05, 3.63) is 16.5 Å². The Labute approximate surface area is 126 Å². The zero-order chi connectivity index (χ0) is 15.8. The monoisotopic (exact) mass is 314 g/mol. The Morgan fingerprint density at radius 2 is 2.10 bits per heavy atom. The molecule has 0 bridgehead atoms. The molecule has 0 radical (unpaired) electrons. The minimum Gasteiger partial charge on any atom is -0.481 e. The Hall–Kier alpha value is -2.09. The van der Waals surface area contributed by atoms with Crippen LogP contribution < -0.4 is 10.6 Å². The highest BCUT2D eigenvalue weighted by molar-refractivity contribution is 7.18. The second-order valence-electron chi connectivity index (χ2n) is 4.22. The largest absolute Gasteiger partial charge is 0.481 e. The number of hydrogen-bond donors (Lipinski definition) is 3. The molecular formula is C13H18N2O5S. The standard InChI is InChI=1S/C13H18N2O5S/c1-3-20-12(18)11-8(2)7-9(21-11)15-13(19)14-6-4-5-10(16)17/h7H,3-6H2,1-2H3,(H,16,17)(H2,14,15,19). The lowest BCUT2D eigenvalue weighted by Crippen LogP contribution is -2.29. The van der Waals surface area contributed by atoms with Gasteiger partial charge in [0.15, 0.2) is 0 Å². The Balaban J connectivity index is 2.48. The van der Waals surface area contributed by atoms with E-state index < -0.39 is 18.0 Å². The number of aryl methyl sites for hydroxylation is 1. The summed E-state index contributed by atoms with van der Waals surface area (Å²) in [7, 11) is 0. The summed E-state index contributed by atoms with van der Waals surface area (Å²) in [5.74, 6) is -1.31. The van der Waals surface area contributed by atoms with E-state index in [2.05, 4.69) is 10.6 Å². The number of thiophene rings is 1. The fraction of sp³-hybridized carbons (Fsp3) is 0.462. The average molecular weight is 314 g/mol. The van der Waals surface area contributed by atoms with E-state index >= 15 is 0 Å². The number of hydrogen-bond acceptors (Lipinski definition) is 5. The van der Waals surface area contributed by atoms with Gasteiger partial charge >= 0.3 is 18.0 Å². The van der Waals surface area contributed by atoms with Gasteiger partial charge in [-0.05, 0) is 31.9 Å². The van der Waals surface area contributed by atoms with Crippen molar-refractivity contribution in [2.75, 3.05) is 18.5 Å². The van der Waals surface area contributed by atoms with Gasteiger partial charge in [-0.25, -0.2) is 9.59 Å². The molecule has 7 nitrogen and oxygen atoms in total. The van der Waals surface area contributed by atoms with Crippen molar-refractivity contribution in [3.63, 3.8) is 0 Å². The molecule has 0 saturated heterocycles. The lowest BCUT2D eigenvalue weighted by molar-refractivity contribution is -0.137. The number of carboxylic acid groups (broad SMARTS) is 1. The van der Waals surface area contributed by atoms with Crippen molar-refractivity contribution < 1.29 is 24.2 Å². The van der Waals surface area contributed by atoms with Crippen LogP contribution in [0.25, 0.3) is 0 Å². The van der Waals surface area contributed by atoms with Crippen molar-refractivity contribution in [2.45, 2.75) is 26.7 Å². The van der Waals surface area contributed by atoms with Crippen LogP contribution in [0.15, 0.2) is 6.07 Å². The van der Waals surface area contributed by atoms with Gasteiger partial charge in [0.2, 0.25) is 0 Å². The topological polar surface area (TPSA) is 105 Å². The molecule has 0 aliphatic rings. The van der Waals surface area contributed by atoms with Crippen LogP contribution in [0.1, 0.15) is 35.0 Å². The van der Waals surface area contributed by atoms with Crippen molar-refractivity contribution in [1.29, 1.82) is 0 Å². The highest BCUT2D eigenvalue weighted by atomic mass is 32.1. The van der Waals surface area contributed by atoms with Crippen LogP contribution in [0.4, 0.5) is 9.80 Å². The predicted octanol–water partition coefficient (Wildman–Crippen LogP) is 2.22. The molecule has 0 aliphatic heterocycles. The zero-order valence-corrected chi connectivity index (χ0v) is 12.7. The molecule has 8 heteroatoms. The molecule has 0 spiro atoms. The normalized spacial score (nSPS) is 10.0. The zero-order valence-electron chi connectivity index (χ0n) is 11.9. The SMILES string of the molecule is CCOC(=O)c1sc(NC(=O)NCCCC(=O)O)cc1C. The van der Waals surface area contributed by atoms with Gasteiger partial charge < -0.3 is 15.2 Å². The van der Waals surface area contributed by atoms with Crippen LogP contribution in [0, 0.1) is 6.92 Å². The Bertz CT molecular complexity index is 527. The molecule has 2 amide bonds. The number of carboxylic acids is 1. The molecule has 1 aromatic heterocycles. The fourth-order valence-electron chi connectivity index (χ4n) is 1.54. The third-order valence-corrected chi connectivity index (χ3v) is 3.60. The molecule has 21 heavy (non-hydrogen) atoms. The van der Waals surface area contributed by atoms with Crippen molar-refractivity contribution in [3.8, 4) is 0 Å². The summed E-state index contributed by atoms with van der Waals surface area (Å²) in [4.78, 5) is 34.0. The highest BCUT2D eigenvalue weighted by Crippen LogP contribution is 2.27. The molecule has 0 saturated carbocycles. The van der Waals surface area contributed by atoms with E-state index in [1.54, 1.807) is 19.9 Å². The van der Waals surface area contributed by atoms with Gasteiger partial charge in [-0.1, -0.05) is 0 Å². The number of urea groups is 1. The first-order chi connectivity index (χ1) is 9.93. The minimum absolute atomic E-state index is 0.00535. The molecular weight excluding hydrogens is 296 g/mol. The van der Waals surface area contributed by atoms with Gasteiger partial charge in [-0.3, -0.25) is 10.1 Å². The van der Waals surface area contributed by atoms with Crippen LogP contribution in [0.2, 0.25) is 0 Å². The van der Waals surface area contributed by atoms with Crippen LogP contribution in [0.3, 0.4) is 0 Å². The summed E-state index contributed by atoms with van der Waals surface area (Å²) < 4.78 is 4.92. The van der Waals surface area contributed by atoms with Gasteiger partial charge in [-0.15, -0.1) is 11.3 Å². The number of esters is 1. The van der Waals surface area contributed by atoms with E-state index in [9.17, 15) is 14.4 Å². The van der Waals surface area contributed by atoms with E-state index in [0.29, 0.717) is 22.9 Å². The Morgan fingerprint density at radius 1 is 1.38 bits per heavy atom. The summed E-state index contributed by atoms with van der Waals surface area (Å²) in [5, 5.41) is 14.2. The molecule has 1 rings (SSSR count). The summed E-state index contributed by atoms with van der Waals surface area (Å²) in [6, 6.07) is 1.25. The molecule has 1 aromatic rings. The number of carbonyl (C=O) groups is 3. The second kappa shape index (κ2) is 8.25. The molecule has 0 aromatic carbocycles. The first-order valence-corrected chi connectivity index (χ1v) is 7.30. The highest BCUT2D eigenvalue weighted by Gasteiger charge is 2.15. The van der Waals surface area contributed by atoms with E-state index in [1.807, 2.05) is 0 Å². The second-order valence-corrected chi connectivity index (χ2v) is 5.27. The molecule has 3 N–H and O–H groups in total. The maximum absolute atomic E-state index is 11.6. The lowest BCUT2D eigenvalue weighted by Gasteiger charge is -2.04. The first-order valence-electron chi connectivity index (χ1n) is 6.48. The third kappa shape index (κ3) is 5.82. The molecule has 0 fully saturated rings. The summed E-state index contributed by atoms with van der Waals surface area (Å²) in [6.07, 6.45) is 0.367. The Morgan fingerprint density at radius 3 is 2.71 bits per heavy atom. The van der Waals surface area contributed by atoms with Gasteiger partial charge in [0.25, 0.3) is 0 Å². The van der Waals surface area contributed by atoms with Crippen molar-refractivity contribution >= 4 is 34.3 Å². The van der Waals surface area contributed by atoms with Crippen LogP contribution in [0.5, 0.6) is 0 Å². The fourth-order valence-corrected chi connectivity index (χ4v) is 2.50. The maximum atomic E-state index is 11.6. The summed E-state index contributed by atoms with van der Waals surface area (Å²) in [5.41, 5.74) is 0.736. The quantitative estimate of drug-likeness (QED) is 0.529. The van der Waals surface area contributed by atoms with Crippen molar-refractivity contribution in [1.82, 2.24) is 5.32 Å². The summed E-state index contributed by atoms with van der Waals surface area (Å²) in [6.45, 7) is 4.06. The molecule has 0 unspecified atom stereocenters. The molecule has 1 heterocycles. The van der Waals surface area contributed by atoms with Crippen LogP contribution >= 0.6 is 11.3 Å². The van der Waals surface area contributed by atoms with E-state index in [-0.39, 0.29) is 13.0 Å². The average Bonchev–Trinajstić information content (AvgIpc) is 2.75. The predicted molar refractivity (Wildman–Crippen MR) is 78.9 cm³/mol.